The molecule has 1 unspecified atom stereocenters. The number of rotatable bonds is 9. The molecule has 1 rings (SSSR count). The van der Waals surface area contributed by atoms with E-state index in [1.165, 1.54) is 6.07 Å². The van der Waals surface area contributed by atoms with Crippen molar-refractivity contribution < 1.29 is 13.9 Å². The van der Waals surface area contributed by atoms with Gasteiger partial charge in [-0.25, -0.2) is 4.39 Å². The molecule has 0 saturated carbocycles. The Balaban J connectivity index is 2.68. The molecule has 0 heterocycles. The van der Waals surface area contributed by atoms with E-state index in [-0.39, 0.29) is 11.9 Å². The number of ether oxygens (including phenoxy) is 2. The van der Waals surface area contributed by atoms with Crippen molar-refractivity contribution in [3.8, 4) is 5.75 Å². The maximum Gasteiger partial charge on any atom is 0.165 e. The molecular weight excluding hydrogens is 245 g/mol. The van der Waals surface area contributed by atoms with E-state index in [0.717, 1.165) is 24.9 Å². The van der Waals surface area contributed by atoms with E-state index in [0.29, 0.717) is 18.9 Å². The van der Waals surface area contributed by atoms with Crippen LogP contribution in [-0.4, -0.2) is 26.4 Å². The van der Waals surface area contributed by atoms with Crippen LogP contribution in [0.4, 0.5) is 4.39 Å². The molecule has 1 aromatic rings. The fraction of sp³-hybridized carbons (Fsp3) is 0.600. The van der Waals surface area contributed by atoms with Crippen LogP contribution >= 0.6 is 0 Å². The summed E-state index contributed by atoms with van der Waals surface area (Å²) in [6.45, 7) is 6.17. The molecule has 0 bridgehead atoms. The van der Waals surface area contributed by atoms with Crippen molar-refractivity contribution in [2.45, 2.75) is 39.3 Å². The Labute approximate surface area is 115 Å². The lowest BCUT2D eigenvalue weighted by Gasteiger charge is -2.18. The van der Waals surface area contributed by atoms with Gasteiger partial charge in [0.25, 0.3) is 0 Å². The SMILES string of the molecule is CCCNCc1cccc(F)c1OC(C)CCOC. The van der Waals surface area contributed by atoms with Gasteiger partial charge in [0, 0.05) is 32.2 Å². The van der Waals surface area contributed by atoms with Gasteiger partial charge >= 0.3 is 0 Å². The van der Waals surface area contributed by atoms with Crippen LogP contribution < -0.4 is 10.1 Å². The van der Waals surface area contributed by atoms with Crippen LogP contribution in [0.5, 0.6) is 5.75 Å². The van der Waals surface area contributed by atoms with Crippen molar-refractivity contribution in [1.29, 1.82) is 0 Å². The third-order valence-corrected chi connectivity index (χ3v) is 2.84. The van der Waals surface area contributed by atoms with Crippen LogP contribution in [-0.2, 0) is 11.3 Å². The second kappa shape index (κ2) is 8.88. The maximum absolute atomic E-state index is 13.9. The van der Waals surface area contributed by atoms with E-state index in [1.54, 1.807) is 13.2 Å². The minimum absolute atomic E-state index is 0.0678. The largest absolute Gasteiger partial charge is 0.487 e. The van der Waals surface area contributed by atoms with Crippen LogP contribution in [0, 0.1) is 5.82 Å². The highest BCUT2D eigenvalue weighted by Gasteiger charge is 2.13. The number of benzene rings is 1. The second-order valence-electron chi connectivity index (χ2n) is 4.61. The van der Waals surface area contributed by atoms with Crippen LogP contribution in [0.3, 0.4) is 0 Å². The molecule has 0 aliphatic rings. The molecule has 19 heavy (non-hydrogen) atoms. The maximum atomic E-state index is 13.9. The van der Waals surface area contributed by atoms with Gasteiger partial charge in [0.15, 0.2) is 11.6 Å². The molecule has 3 nitrogen and oxygen atoms in total. The van der Waals surface area contributed by atoms with Crippen LogP contribution in [0.2, 0.25) is 0 Å². The standard InChI is InChI=1S/C15H24FNO2/c1-4-9-17-11-13-6-5-7-14(16)15(13)19-12(2)8-10-18-3/h5-7,12,17H,4,8-11H2,1-3H3. The topological polar surface area (TPSA) is 30.5 Å². The normalized spacial score (nSPS) is 12.4. The Morgan fingerprint density at radius 2 is 2.16 bits per heavy atom. The first kappa shape index (κ1) is 15.9. The predicted molar refractivity (Wildman–Crippen MR) is 75.0 cm³/mol. The van der Waals surface area contributed by atoms with Gasteiger partial charge < -0.3 is 14.8 Å². The van der Waals surface area contributed by atoms with Crippen LogP contribution in [0.15, 0.2) is 18.2 Å². The smallest absolute Gasteiger partial charge is 0.165 e. The average molecular weight is 269 g/mol. The Hall–Kier alpha value is -1.13. The van der Waals surface area contributed by atoms with E-state index in [9.17, 15) is 4.39 Å². The molecule has 1 N–H and O–H groups in total. The zero-order valence-corrected chi connectivity index (χ0v) is 12.0. The molecule has 108 valence electrons. The van der Waals surface area contributed by atoms with E-state index < -0.39 is 0 Å². The summed E-state index contributed by atoms with van der Waals surface area (Å²) in [4.78, 5) is 0. The first-order chi connectivity index (χ1) is 9.19. The molecule has 0 fully saturated rings. The fourth-order valence-corrected chi connectivity index (χ4v) is 1.77. The van der Waals surface area contributed by atoms with Gasteiger partial charge in [-0.2, -0.15) is 0 Å². The first-order valence-corrected chi connectivity index (χ1v) is 6.82. The summed E-state index contributed by atoms with van der Waals surface area (Å²) < 4.78 is 24.6. The van der Waals surface area contributed by atoms with Crippen LogP contribution in [0.1, 0.15) is 32.3 Å². The number of nitrogens with one attached hydrogen (secondary N) is 1. The Kier molecular flexibility index (Phi) is 7.45. The van der Waals surface area contributed by atoms with Gasteiger partial charge in [-0.3, -0.25) is 0 Å². The van der Waals surface area contributed by atoms with E-state index >= 15 is 0 Å². The third kappa shape index (κ3) is 5.57. The highest BCUT2D eigenvalue weighted by atomic mass is 19.1. The van der Waals surface area contributed by atoms with Gasteiger partial charge in [-0.1, -0.05) is 19.1 Å². The Morgan fingerprint density at radius 3 is 2.84 bits per heavy atom. The van der Waals surface area contributed by atoms with Crippen LogP contribution in [0.25, 0.3) is 0 Å². The molecule has 0 spiro atoms. The lowest BCUT2D eigenvalue weighted by Crippen LogP contribution is -2.19. The molecule has 0 saturated heterocycles. The van der Waals surface area contributed by atoms with Gasteiger partial charge in [-0.05, 0) is 26.0 Å². The zero-order chi connectivity index (χ0) is 14.1. The van der Waals surface area contributed by atoms with Crippen molar-refractivity contribution in [3.05, 3.63) is 29.6 Å². The summed E-state index contributed by atoms with van der Waals surface area (Å²) in [7, 11) is 1.65. The van der Waals surface area contributed by atoms with Gasteiger partial charge in [0.2, 0.25) is 0 Å². The van der Waals surface area contributed by atoms with Crippen molar-refractivity contribution in [2.24, 2.45) is 0 Å². The zero-order valence-electron chi connectivity index (χ0n) is 12.0. The number of methoxy groups -OCH3 is 1. The van der Waals surface area contributed by atoms with Crippen molar-refractivity contribution >= 4 is 0 Å². The van der Waals surface area contributed by atoms with E-state index in [2.05, 4.69) is 12.2 Å². The molecule has 0 aliphatic carbocycles. The molecule has 0 aliphatic heterocycles. The van der Waals surface area contributed by atoms with Gasteiger partial charge in [-0.15, -0.1) is 0 Å². The molecule has 0 aromatic heterocycles. The van der Waals surface area contributed by atoms with Gasteiger partial charge in [0.1, 0.15) is 0 Å². The Morgan fingerprint density at radius 1 is 1.37 bits per heavy atom. The summed E-state index contributed by atoms with van der Waals surface area (Å²) in [6.07, 6.45) is 1.73. The minimum Gasteiger partial charge on any atom is -0.487 e. The first-order valence-electron chi connectivity index (χ1n) is 6.82. The van der Waals surface area contributed by atoms with Crippen molar-refractivity contribution in [2.75, 3.05) is 20.3 Å². The number of para-hydroxylation sites is 1. The van der Waals surface area contributed by atoms with Crippen molar-refractivity contribution in [3.63, 3.8) is 0 Å². The number of hydrogen-bond acceptors (Lipinski definition) is 3. The number of halogens is 1. The minimum atomic E-state index is -0.305. The summed E-state index contributed by atoms with van der Waals surface area (Å²) in [5.74, 6) is 0.0507. The molecule has 1 atom stereocenters. The molecule has 1 aromatic carbocycles. The summed E-state index contributed by atoms with van der Waals surface area (Å²) in [6, 6.07) is 5.04. The molecule has 0 radical (unpaired) electrons. The number of hydrogen-bond donors (Lipinski definition) is 1. The summed E-state index contributed by atoms with van der Waals surface area (Å²) in [5.41, 5.74) is 0.859. The molecule has 4 heteroatoms. The molecular formula is C15H24FNO2. The quantitative estimate of drug-likeness (QED) is 0.699. The fourth-order valence-electron chi connectivity index (χ4n) is 1.77. The monoisotopic (exact) mass is 269 g/mol. The lowest BCUT2D eigenvalue weighted by molar-refractivity contribution is 0.131. The highest BCUT2D eigenvalue weighted by Crippen LogP contribution is 2.24. The predicted octanol–water partition coefficient (Wildman–Crippen LogP) is 3.13. The third-order valence-electron chi connectivity index (χ3n) is 2.84. The highest BCUT2D eigenvalue weighted by molar-refractivity contribution is 5.35. The second-order valence-corrected chi connectivity index (χ2v) is 4.61. The lowest BCUT2D eigenvalue weighted by atomic mass is 10.2. The van der Waals surface area contributed by atoms with Crippen molar-refractivity contribution in [1.82, 2.24) is 5.32 Å². The van der Waals surface area contributed by atoms with Gasteiger partial charge in [0.05, 0.1) is 6.10 Å². The van der Waals surface area contributed by atoms with E-state index in [4.69, 9.17) is 9.47 Å². The summed E-state index contributed by atoms with van der Waals surface area (Å²) >= 11 is 0. The average Bonchev–Trinajstić information content (AvgIpc) is 2.40. The Bertz CT molecular complexity index is 371. The summed E-state index contributed by atoms with van der Waals surface area (Å²) in [5, 5.41) is 3.26. The molecule has 0 amide bonds. The van der Waals surface area contributed by atoms with E-state index in [1.807, 2.05) is 13.0 Å².